The van der Waals surface area contributed by atoms with Crippen molar-refractivity contribution < 1.29 is 0 Å². The molecule has 0 saturated carbocycles. The minimum Gasteiger partial charge on any atom is -0.105 e. The Balaban J connectivity index is 3.46. The molecule has 0 saturated heterocycles. The molecule has 2 heteroatoms. The molecule has 0 fully saturated rings. The number of hydrogen-bond acceptors (Lipinski definition) is 0. The molecule has 1 unspecified atom stereocenters. The van der Waals surface area contributed by atoms with E-state index in [1.54, 1.807) is 0 Å². The molecule has 57 valence electrons. The molecule has 1 atom stereocenters. The molecular formula is C9H12PSi. The summed E-state index contributed by atoms with van der Waals surface area (Å²) in [5.74, 6) is 0. The van der Waals surface area contributed by atoms with Crippen LogP contribution in [0.3, 0.4) is 0 Å². The van der Waals surface area contributed by atoms with E-state index in [0.717, 1.165) is 0 Å². The smallest absolute Gasteiger partial charge is 0.0716 e. The molecule has 1 aromatic rings. The zero-order valence-corrected chi connectivity index (χ0v) is 9.31. The van der Waals surface area contributed by atoms with Gasteiger partial charge in [-0.1, -0.05) is 11.3 Å². The molecule has 0 heterocycles. The molecule has 1 aromatic carbocycles. The standard InChI is InChI=1S/C9H12PSi/c1-5-6(2)8(10)4-9(11)7(5)3/h4H,10H2,1-3H3. The van der Waals surface area contributed by atoms with Crippen molar-refractivity contribution in [3.05, 3.63) is 22.8 Å². The third-order valence-electron chi connectivity index (χ3n) is 2.26. The van der Waals surface area contributed by atoms with E-state index in [-0.39, 0.29) is 0 Å². The predicted molar refractivity (Wildman–Crippen MR) is 55.4 cm³/mol. The predicted octanol–water partition coefficient (Wildman–Crippen LogP) is 0.906. The van der Waals surface area contributed by atoms with Crippen LogP contribution in [-0.2, 0) is 0 Å². The lowest BCUT2D eigenvalue weighted by Gasteiger charge is -2.10. The van der Waals surface area contributed by atoms with Crippen LogP contribution in [0.4, 0.5) is 0 Å². The zero-order valence-electron chi connectivity index (χ0n) is 7.15. The van der Waals surface area contributed by atoms with Crippen molar-refractivity contribution in [1.29, 1.82) is 0 Å². The summed E-state index contributed by atoms with van der Waals surface area (Å²) < 4.78 is 0. The molecule has 0 amide bonds. The van der Waals surface area contributed by atoms with Gasteiger partial charge in [-0.3, -0.25) is 0 Å². The van der Waals surface area contributed by atoms with Crippen LogP contribution < -0.4 is 10.5 Å². The largest absolute Gasteiger partial charge is 0.105 e. The van der Waals surface area contributed by atoms with Crippen molar-refractivity contribution in [3.8, 4) is 0 Å². The lowest BCUT2D eigenvalue weighted by atomic mass is 10.0. The Morgan fingerprint density at radius 3 is 2.18 bits per heavy atom. The molecule has 0 nitrogen and oxygen atoms in total. The van der Waals surface area contributed by atoms with Crippen LogP contribution in [-0.4, -0.2) is 10.2 Å². The van der Waals surface area contributed by atoms with Crippen molar-refractivity contribution in [2.24, 2.45) is 0 Å². The average Bonchev–Trinajstić information content (AvgIpc) is 1.97. The maximum absolute atomic E-state index is 3.57. The van der Waals surface area contributed by atoms with Gasteiger partial charge in [0.2, 0.25) is 0 Å². The first kappa shape index (κ1) is 8.96. The molecule has 0 aliphatic rings. The Hall–Kier alpha value is -0.133. The first-order valence-electron chi connectivity index (χ1n) is 3.62. The van der Waals surface area contributed by atoms with E-state index in [0.29, 0.717) is 0 Å². The quantitative estimate of drug-likeness (QED) is 0.410. The van der Waals surface area contributed by atoms with Crippen LogP contribution in [0.15, 0.2) is 6.07 Å². The Kier molecular flexibility index (Phi) is 2.51. The lowest BCUT2D eigenvalue weighted by Crippen LogP contribution is -2.16. The van der Waals surface area contributed by atoms with Crippen LogP contribution in [0.2, 0.25) is 0 Å². The highest BCUT2D eigenvalue weighted by Gasteiger charge is 2.02. The SMILES string of the molecule is Cc1c([Si])cc(P)c(C)c1C. The second kappa shape index (κ2) is 3.08. The molecule has 11 heavy (non-hydrogen) atoms. The highest BCUT2D eigenvalue weighted by atomic mass is 31.0. The third kappa shape index (κ3) is 1.55. The summed E-state index contributed by atoms with van der Waals surface area (Å²) in [6.07, 6.45) is 0. The van der Waals surface area contributed by atoms with Gasteiger partial charge >= 0.3 is 0 Å². The average molecular weight is 179 g/mol. The van der Waals surface area contributed by atoms with Crippen molar-refractivity contribution >= 4 is 30.0 Å². The molecule has 0 aliphatic heterocycles. The summed E-state index contributed by atoms with van der Waals surface area (Å²) in [6.45, 7) is 6.44. The van der Waals surface area contributed by atoms with Gasteiger partial charge < -0.3 is 0 Å². The summed E-state index contributed by atoms with van der Waals surface area (Å²) in [5, 5.41) is 2.47. The van der Waals surface area contributed by atoms with Gasteiger partial charge in [-0.15, -0.1) is 9.24 Å². The molecule has 3 radical (unpaired) electrons. The van der Waals surface area contributed by atoms with E-state index in [2.05, 4.69) is 46.3 Å². The summed E-state index contributed by atoms with van der Waals surface area (Å²) in [6, 6.07) is 2.14. The second-order valence-corrected chi connectivity index (χ2v) is 4.05. The minimum atomic E-state index is 1.19. The first-order chi connectivity index (χ1) is 5.04. The van der Waals surface area contributed by atoms with Gasteiger partial charge in [-0.25, -0.2) is 0 Å². The molecule has 0 N–H and O–H groups in total. The molecule has 0 bridgehead atoms. The zero-order chi connectivity index (χ0) is 8.59. The van der Waals surface area contributed by atoms with E-state index in [9.17, 15) is 0 Å². The molecular weight excluding hydrogens is 167 g/mol. The van der Waals surface area contributed by atoms with Crippen molar-refractivity contribution in [2.75, 3.05) is 0 Å². The van der Waals surface area contributed by atoms with E-state index < -0.39 is 0 Å². The fraction of sp³-hybridized carbons (Fsp3) is 0.333. The van der Waals surface area contributed by atoms with Crippen LogP contribution in [0.5, 0.6) is 0 Å². The van der Waals surface area contributed by atoms with Crippen molar-refractivity contribution in [1.82, 2.24) is 0 Å². The number of benzene rings is 1. The van der Waals surface area contributed by atoms with Gasteiger partial charge in [0.05, 0.1) is 10.2 Å². The Morgan fingerprint density at radius 2 is 1.64 bits per heavy atom. The molecule has 1 rings (SSSR count). The van der Waals surface area contributed by atoms with E-state index in [4.69, 9.17) is 0 Å². The van der Waals surface area contributed by atoms with Gasteiger partial charge in [-0.05, 0) is 42.8 Å². The van der Waals surface area contributed by atoms with Crippen LogP contribution in [0.1, 0.15) is 16.7 Å². The molecule has 0 aliphatic carbocycles. The van der Waals surface area contributed by atoms with Gasteiger partial charge in [-0.2, -0.15) is 0 Å². The summed E-state index contributed by atoms with van der Waals surface area (Å²) in [7, 11) is 6.31. The topological polar surface area (TPSA) is 0 Å². The van der Waals surface area contributed by atoms with Crippen LogP contribution in [0, 0.1) is 20.8 Å². The van der Waals surface area contributed by atoms with Gasteiger partial charge in [0.1, 0.15) is 0 Å². The van der Waals surface area contributed by atoms with E-state index >= 15 is 0 Å². The highest BCUT2D eigenvalue weighted by molar-refractivity contribution is 7.27. The maximum atomic E-state index is 3.57. The number of hydrogen-bond donors (Lipinski definition) is 0. The van der Waals surface area contributed by atoms with Gasteiger partial charge in [0, 0.05) is 0 Å². The maximum Gasteiger partial charge on any atom is 0.0716 e. The van der Waals surface area contributed by atoms with Crippen LogP contribution >= 0.6 is 9.24 Å². The Labute approximate surface area is 74.0 Å². The molecule has 0 aromatic heterocycles. The Bertz CT molecular complexity index is 266. The number of rotatable bonds is 0. The van der Waals surface area contributed by atoms with Gasteiger partial charge in [0.15, 0.2) is 0 Å². The lowest BCUT2D eigenvalue weighted by molar-refractivity contribution is 1.30. The summed E-state index contributed by atoms with van der Waals surface area (Å²) >= 11 is 0. The van der Waals surface area contributed by atoms with Gasteiger partial charge in [0.25, 0.3) is 0 Å². The third-order valence-corrected chi connectivity index (χ3v) is 3.38. The van der Waals surface area contributed by atoms with E-state index in [1.165, 1.54) is 27.2 Å². The first-order valence-corrected chi connectivity index (χ1v) is 4.69. The van der Waals surface area contributed by atoms with Crippen molar-refractivity contribution in [2.45, 2.75) is 20.8 Å². The monoisotopic (exact) mass is 179 g/mol. The fourth-order valence-corrected chi connectivity index (χ4v) is 1.96. The fourth-order valence-electron chi connectivity index (χ4n) is 1.07. The molecule has 0 spiro atoms. The summed E-state index contributed by atoms with van der Waals surface area (Å²) in [4.78, 5) is 0. The van der Waals surface area contributed by atoms with Crippen molar-refractivity contribution in [3.63, 3.8) is 0 Å². The second-order valence-electron chi connectivity index (χ2n) is 2.89. The highest BCUT2D eigenvalue weighted by Crippen LogP contribution is 2.09. The van der Waals surface area contributed by atoms with Crippen LogP contribution in [0.25, 0.3) is 0 Å². The minimum absolute atomic E-state index is 1.19. The summed E-state index contributed by atoms with van der Waals surface area (Å²) in [5.41, 5.74) is 4.09. The normalized spacial score (nSPS) is 10.3. The van der Waals surface area contributed by atoms with E-state index in [1.807, 2.05) is 0 Å². The Morgan fingerprint density at radius 1 is 1.09 bits per heavy atom.